The Hall–Kier alpha value is -1.59. The van der Waals surface area contributed by atoms with Crippen LogP contribution in [0.3, 0.4) is 0 Å². The Balaban J connectivity index is 3.15. The fourth-order valence-electron chi connectivity index (χ4n) is 1.87. The molecule has 0 fully saturated rings. The highest BCUT2D eigenvalue weighted by atomic mass is 32.2. The Morgan fingerprint density at radius 3 is 2.14 bits per heavy atom. The Labute approximate surface area is 127 Å². The average Bonchev–Trinajstić information content (AvgIpc) is 2.44. The molecule has 1 aromatic carbocycles. The number of sulfonamides is 1. The highest BCUT2D eigenvalue weighted by molar-refractivity contribution is 7.89. The van der Waals surface area contributed by atoms with Crippen molar-refractivity contribution >= 4 is 10.0 Å². The minimum absolute atomic E-state index is 0.196. The molecule has 0 aliphatic rings. The van der Waals surface area contributed by atoms with Crippen molar-refractivity contribution in [2.75, 3.05) is 0 Å². The van der Waals surface area contributed by atoms with Crippen molar-refractivity contribution in [2.45, 2.75) is 45.1 Å². The molecular weight excluding hydrogens is 286 g/mol. The number of hydrogen-bond donors (Lipinski definition) is 1. The summed E-state index contributed by atoms with van der Waals surface area (Å²) in [7, 11) is -3.68. The Morgan fingerprint density at radius 2 is 1.71 bits per heavy atom. The predicted molar refractivity (Wildman–Crippen MR) is 86.7 cm³/mol. The topological polar surface area (TPSA) is 69.1 Å². The average molecular weight is 310 g/mol. The summed E-state index contributed by atoms with van der Waals surface area (Å²) in [6.45, 7) is 8.95. The number of rotatable bonds is 5. The van der Waals surface area contributed by atoms with Gasteiger partial charge in [0, 0.05) is 12.5 Å². The minimum Gasteiger partial charge on any atom is -0.433 e. The second kappa shape index (κ2) is 6.45. The number of allylic oxidation sites excluding steroid dienone is 2. The van der Waals surface area contributed by atoms with Crippen molar-refractivity contribution in [1.82, 2.24) is 4.72 Å². The van der Waals surface area contributed by atoms with E-state index in [4.69, 9.17) is 5.11 Å². The maximum atomic E-state index is 12.4. The third-order valence-electron chi connectivity index (χ3n) is 3.62. The second-order valence-corrected chi connectivity index (χ2v) is 6.90. The van der Waals surface area contributed by atoms with Crippen LogP contribution in [0.2, 0.25) is 0 Å². The second-order valence-electron chi connectivity index (χ2n) is 5.22. The van der Waals surface area contributed by atoms with E-state index in [2.05, 4.69) is 4.72 Å². The number of benzene rings is 1. The fraction of sp³-hybridized carbons (Fsp3) is 0.375. The normalized spacial score (nSPS) is 16.5. The Morgan fingerprint density at radius 1 is 1.19 bits per heavy atom. The van der Waals surface area contributed by atoms with Crippen LogP contribution < -0.4 is 4.72 Å². The van der Waals surface area contributed by atoms with Crippen LogP contribution in [0.1, 0.15) is 33.3 Å². The molecule has 0 aromatic heterocycles. The summed E-state index contributed by atoms with van der Waals surface area (Å²) in [4.78, 5) is 0.196. The predicted octanol–water partition coefficient (Wildman–Crippen LogP) is 2.63. The maximum Gasteiger partial charge on any atom is 0.261 e. The van der Waals surface area contributed by atoms with Gasteiger partial charge in [0.15, 0.2) is 0 Å². The SMILES string of the molecule is C/C=C(\NS(=O)(=O)c1ccc(C)cc1)C(C)([OH2+])/C(C)=C/C. The molecular formula is C16H24NO3S+. The molecule has 0 bridgehead atoms. The highest BCUT2D eigenvalue weighted by Gasteiger charge is 2.35. The largest absolute Gasteiger partial charge is 0.433 e. The monoisotopic (exact) mass is 310 g/mol. The minimum atomic E-state index is -3.68. The van der Waals surface area contributed by atoms with Gasteiger partial charge in [-0.05, 0) is 39.8 Å². The van der Waals surface area contributed by atoms with Gasteiger partial charge in [-0.1, -0.05) is 29.8 Å². The lowest BCUT2D eigenvalue weighted by Crippen LogP contribution is -2.39. The van der Waals surface area contributed by atoms with Crippen LogP contribution in [0.4, 0.5) is 0 Å². The van der Waals surface area contributed by atoms with Crippen LogP contribution in [-0.2, 0) is 10.0 Å². The zero-order valence-electron chi connectivity index (χ0n) is 13.2. The standard InChI is InChI=1S/C16H23NO3S/c1-6-13(4)16(5,18)15(7-2)17-21(19,20)14-10-8-12(3)9-11-14/h6-11,17-18H,1-5H3/p+1/b13-6+,15-7-. The van der Waals surface area contributed by atoms with Crippen LogP contribution in [-0.4, -0.2) is 19.1 Å². The first-order chi connectivity index (χ1) is 9.65. The van der Waals surface area contributed by atoms with E-state index in [1.165, 1.54) is 0 Å². The van der Waals surface area contributed by atoms with E-state index in [1.807, 2.05) is 26.8 Å². The molecule has 0 amide bonds. The summed E-state index contributed by atoms with van der Waals surface area (Å²) < 4.78 is 27.4. The lowest BCUT2D eigenvalue weighted by atomic mass is 9.93. The van der Waals surface area contributed by atoms with Gasteiger partial charge in [-0.3, -0.25) is 4.72 Å². The van der Waals surface area contributed by atoms with Gasteiger partial charge in [-0.15, -0.1) is 0 Å². The van der Waals surface area contributed by atoms with E-state index in [9.17, 15) is 8.42 Å². The molecule has 5 heteroatoms. The van der Waals surface area contributed by atoms with Crippen LogP contribution in [0.25, 0.3) is 0 Å². The Bertz CT molecular complexity index is 653. The third kappa shape index (κ3) is 3.95. The molecule has 0 aliphatic heterocycles. The van der Waals surface area contributed by atoms with Gasteiger partial charge in [-0.2, -0.15) is 0 Å². The van der Waals surface area contributed by atoms with Gasteiger partial charge in [0.2, 0.25) is 5.60 Å². The zero-order chi connectivity index (χ0) is 16.3. The number of hydrogen-bond acceptors (Lipinski definition) is 2. The molecule has 4 nitrogen and oxygen atoms in total. The van der Waals surface area contributed by atoms with Gasteiger partial charge in [0.1, 0.15) is 5.70 Å². The molecule has 1 atom stereocenters. The molecule has 21 heavy (non-hydrogen) atoms. The quantitative estimate of drug-likeness (QED) is 0.671. The van der Waals surface area contributed by atoms with E-state index in [0.717, 1.165) is 11.1 Å². The highest BCUT2D eigenvalue weighted by Crippen LogP contribution is 2.25. The van der Waals surface area contributed by atoms with Crippen molar-refractivity contribution in [2.24, 2.45) is 0 Å². The first-order valence-electron chi connectivity index (χ1n) is 6.79. The van der Waals surface area contributed by atoms with E-state index >= 15 is 0 Å². The molecule has 0 saturated carbocycles. The first kappa shape index (κ1) is 17.5. The fourth-order valence-corrected chi connectivity index (χ4v) is 3.10. The van der Waals surface area contributed by atoms with E-state index in [1.54, 1.807) is 44.2 Å². The lowest BCUT2D eigenvalue weighted by molar-refractivity contribution is 0.133. The number of nitrogens with one attached hydrogen (secondary N) is 1. The lowest BCUT2D eigenvalue weighted by Gasteiger charge is -2.24. The van der Waals surface area contributed by atoms with Gasteiger partial charge in [0.25, 0.3) is 10.0 Å². The van der Waals surface area contributed by atoms with E-state index < -0.39 is 15.6 Å². The molecule has 116 valence electrons. The molecule has 0 radical (unpaired) electrons. The van der Waals surface area contributed by atoms with E-state index in [-0.39, 0.29) is 4.90 Å². The van der Waals surface area contributed by atoms with Crippen molar-refractivity contribution in [3.63, 3.8) is 0 Å². The smallest absolute Gasteiger partial charge is 0.261 e. The molecule has 1 rings (SSSR count). The summed E-state index contributed by atoms with van der Waals surface area (Å²) >= 11 is 0. The van der Waals surface area contributed by atoms with Crippen LogP contribution in [0, 0.1) is 6.92 Å². The summed E-state index contributed by atoms with van der Waals surface area (Å²) in [6.07, 6.45) is 3.45. The summed E-state index contributed by atoms with van der Waals surface area (Å²) in [5.41, 5.74) is 1.01. The Kier molecular flexibility index (Phi) is 5.36. The molecule has 0 aliphatic carbocycles. The molecule has 1 aromatic rings. The van der Waals surface area contributed by atoms with Crippen LogP contribution in [0.15, 0.2) is 52.6 Å². The van der Waals surface area contributed by atoms with Crippen molar-refractivity contribution in [3.8, 4) is 0 Å². The summed E-state index contributed by atoms with van der Waals surface area (Å²) in [6, 6.07) is 6.63. The summed E-state index contributed by atoms with van der Waals surface area (Å²) in [5.74, 6) is 0. The van der Waals surface area contributed by atoms with Crippen LogP contribution in [0.5, 0.6) is 0 Å². The van der Waals surface area contributed by atoms with E-state index in [0.29, 0.717) is 5.70 Å². The molecule has 0 heterocycles. The van der Waals surface area contributed by atoms with Gasteiger partial charge in [-0.25, -0.2) is 8.42 Å². The number of aryl methyl sites for hydroxylation is 1. The first-order valence-corrected chi connectivity index (χ1v) is 8.28. The van der Waals surface area contributed by atoms with Gasteiger partial charge < -0.3 is 5.11 Å². The molecule has 0 spiro atoms. The van der Waals surface area contributed by atoms with Gasteiger partial charge >= 0.3 is 0 Å². The molecule has 0 saturated heterocycles. The van der Waals surface area contributed by atoms with Gasteiger partial charge in [0.05, 0.1) is 4.90 Å². The summed E-state index contributed by atoms with van der Waals surface area (Å²) in [5, 5.41) is 8.40. The zero-order valence-corrected chi connectivity index (χ0v) is 14.0. The van der Waals surface area contributed by atoms with Crippen molar-refractivity contribution in [1.29, 1.82) is 0 Å². The molecule has 3 N–H and O–H groups in total. The molecule has 1 unspecified atom stereocenters. The van der Waals surface area contributed by atoms with Crippen molar-refractivity contribution in [3.05, 3.63) is 53.3 Å². The maximum absolute atomic E-state index is 12.4. The van der Waals surface area contributed by atoms with Crippen molar-refractivity contribution < 1.29 is 13.5 Å². The van der Waals surface area contributed by atoms with Crippen LogP contribution >= 0.6 is 0 Å². The third-order valence-corrected chi connectivity index (χ3v) is 5.01.